The molecule has 4 rings (SSSR count). The van der Waals surface area contributed by atoms with Crippen LogP contribution in [0.4, 0.5) is 14.6 Å². The number of aromatic amines is 1. The molecule has 10 heteroatoms. The summed E-state index contributed by atoms with van der Waals surface area (Å²) < 4.78 is 25.8. The second kappa shape index (κ2) is 6.86. The zero-order chi connectivity index (χ0) is 18.9. The number of halogens is 2. The van der Waals surface area contributed by atoms with Crippen LogP contribution in [0, 0.1) is 6.08 Å². The number of aromatic nitrogens is 5. The average molecular weight is 373 g/mol. The summed E-state index contributed by atoms with van der Waals surface area (Å²) in [6.45, 7) is -0.629. The molecule has 0 bridgehead atoms. The van der Waals surface area contributed by atoms with E-state index in [2.05, 4.69) is 35.6 Å². The standard InChI is InChI=1S/C17H17F2N7O/c18-5-7-21-15(27)17(3-1-4-17)26-12-2-6-20-14(24-12)10-8-22-11-9-23-16(19)25-13(10)11/h2,6,8-9,22H,1,3-5,7H2,(H,21,27)(H,20,24,26). The molecule has 0 spiro atoms. The molecule has 0 radical (unpaired) electrons. The summed E-state index contributed by atoms with van der Waals surface area (Å²) >= 11 is 0. The fourth-order valence-electron chi connectivity index (χ4n) is 3.13. The lowest BCUT2D eigenvalue weighted by Crippen LogP contribution is -2.57. The molecule has 0 saturated heterocycles. The minimum atomic E-state index is -0.837. The predicted molar refractivity (Wildman–Crippen MR) is 94.1 cm³/mol. The Kier molecular flexibility index (Phi) is 4.38. The molecule has 1 amide bonds. The van der Waals surface area contributed by atoms with Gasteiger partial charge < -0.3 is 15.6 Å². The lowest BCUT2D eigenvalue weighted by atomic mass is 9.76. The number of amides is 1. The van der Waals surface area contributed by atoms with Crippen LogP contribution in [-0.2, 0) is 4.79 Å². The molecule has 1 saturated carbocycles. The summed E-state index contributed by atoms with van der Waals surface area (Å²) in [5.41, 5.74) is 0.669. The summed E-state index contributed by atoms with van der Waals surface area (Å²) in [7, 11) is 0. The van der Waals surface area contributed by atoms with Gasteiger partial charge >= 0.3 is 6.08 Å². The molecule has 27 heavy (non-hydrogen) atoms. The molecule has 8 nitrogen and oxygen atoms in total. The number of anilines is 1. The van der Waals surface area contributed by atoms with E-state index in [1.54, 1.807) is 18.5 Å². The van der Waals surface area contributed by atoms with Crippen molar-refractivity contribution in [2.75, 3.05) is 18.5 Å². The molecular weight excluding hydrogens is 356 g/mol. The summed E-state index contributed by atoms with van der Waals surface area (Å²) in [6, 6.07) is 1.65. The predicted octanol–water partition coefficient (Wildman–Crippen LogP) is 1.97. The fourth-order valence-corrected chi connectivity index (χ4v) is 3.13. The highest BCUT2D eigenvalue weighted by atomic mass is 19.1. The van der Waals surface area contributed by atoms with Gasteiger partial charge in [0.05, 0.1) is 17.3 Å². The van der Waals surface area contributed by atoms with Crippen molar-refractivity contribution in [2.45, 2.75) is 24.8 Å². The molecule has 0 unspecified atom stereocenters. The Balaban J connectivity index is 1.62. The van der Waals surface area contributed by atoms with E-state index < -0.39 is 18.3 Å². The van der Waals surface area contributed by atoms with E-state index in [0.29, 0.717) is 41.1 Å². The number of H-pyrrole nitrogens is 1. The topological polar surface area (TPSA) is 108 Å². The molecule has 0 atom stereocenters. The Hall–Kier alpha value is -3.17. The molecule has 3 aromatic rings. The number of nitrogens with zero attached hydrogens (tertiary/aromatic N) is 4. The van der Waals surface area contributed by atoms with Gasteiger partial charge in [-0.2, -0.15) is 9.37 Å². The van der Waals surface area contributed by atoms with Crippen LogP contribution in [0.1, 0.15) is 19.3 Å². The Morgan fingerprint density at radius 3 is 2.89 bits per heavy atom. The third-order valence-corrected chi connectivity index (χ3v) is 4.67. The van der Waals surface area contributed by atoms with Crippen molar-refractivity contribution in [3.8, 4) is 11.4 Å². The number of nitrogens with one attached hydrogen (secondary N) is 3. The number of carbonyl (C=O) groups excluding carboxylic acids is 1. The highest BCUT2D eigenvalue weighted by Crippen LogP contribution is 2.35. The van der Waals surface area contributed by atoms with E-state index in [1.807, 2.05) is 0 Å². The van der Waals surface area contributed by atoms with Crippen molar-refractivity contribution in [1.82, 2.24) is 30.2 Å². The van der Waals surface area contributed by atoms with Crippen LogP contribution in [0.2, 0.25) is 0 Å². The number of hydrogen-bond donors (Lipinski definition) is 3. The first-order chi connectivity index (χ1) is 13.1. The van der Waals surface area contributed by atoms with Gasteiger partial charge in [-0.25, -0.2) is 19.3 Å². The van der Waals surface area contributed by atoms with E-state index in [0.717, 1.165) is 6.42 Å². The molecular formula is C17H17F2N7O. The first-order valence-electron chi connectivity index (χ1n) is 8.57. The zero-order valence-corrected chi connectivity index (χ0v) is 14.3. The smallest absolute Gasteiger partial charge is 0.309 e. The van der Waals surface area contributed by atoms with Gasteiger partial charge in [-0.15, -0.1) is 0 Å². The van der Waals surface area contributed by atoms with Crippen LogP contribution < -0.4 is 10.6 Å². The minimum Gasteiger partial charge on any atom is -0.358 e. The third kappa shape index (κ3) is 3.18. The number of carbonyl (C=O) groups is 1. The Bertz CT molecular complexity index is 986. The first-order valence-corrected chi connectivity index (χ1v) is 8.57. The number of fused-ring (bicyclic) bond motifs is 1. The summed E-state index contributed by atoms with van der Waals surface area (Å²) in [5.74, 6) is 0.551. The van der Waals surface area contributed by atoms with Crippen LogP contribution in [0.25, 0.3) is 22.4 Å². The third-order valence-electron chi connectivity index (χ3n) is 4.67. The summed E-state index contributed by atoms with van der Waals surface area (Å²) in [6.07, 6.45) is 5.86. The quantitative estimate of drug-likeness (QED) is 0.570. The number of hydrogen-bond acceptors (Lipinski definition) is 6. The average Bonchev–Trinajstić information content (AvgIpc) is 3.06. The van der Waals surface area contributed by atoms with E-state index in [4.69, 9.17) is 0 Å². The maximum Gasteiger partial charge on any atom is 0.309 e. The van der Waals surface area contributed by atoms with Crippen molar-refractivity contribution in [3.05, 3.63) is 30.7 Å². The summed E-state index contributed by atoms with van der Waals surface area (Å²) in [5, 5.41) is 5.74. The second-order valence-electron chi connectivity index (χ2n) is 6.37. The highest BCUT2D eigenvalue weighted by Gasteiger charge is 2.44. The number of rotatable bonds is 6. The van der Waals surface area contributed by atoms with E-state index >= 15 is 0 Å². The van der Waals surface area contributed by atoms with Gasteiger partial charge in [-0.05, 0) is 25.3 Å². The van der Waals surface area contributed by atoms with Crippen molar-refractivity contribution in [3.63, 3.8) is 0 Å². The van der Waals surface area contributed by atoms with Crippen molar-refractivity contribution in [1.29, 1.82) is 0 Å². The van der Waals surface area contributed by atoms with Gasteiger partial charge in [0.2, 0.25) is 5.91 Å². The first kappa shape index (κ1) is 17.3. The van der Waals surface area contributed by atoms with Crippen LogP contribution in [-0.4, -0.2) is 49.6 Å². The normalized spacial score (nSPS) is 15.3. The number of alkyl halides is 1. The lowest BCUT2D eigenvalue weighted by molar-refractivity contribution is -0.128. The molecule has 1 aliphatic rings. The van der Waals surface area contributed by atoms with E-state index in [1.165, 1.54) is 6.20 Å². The monoisotopic (exact) mass is 373 g/mol. The van der Waals surface area contributed by atoms with Gasteiger partial charge in [-0.3, -0.25) is 4.79 Å². The van der Waals surface area contributed by atoms with Gasteiger partial charge in [0.1, 0.15) is 23.5 Å². The van der Waals surface area contributed by atoms with Crippen LogP contribution in [0.3, 0.4) is 0 Å². The second-order valence-corrected chi connectivity index (χ2v) is 6.37. The molecule has 1 aliphatic carbocycles. The largest absolute Gasteiger partial charge is 0.358 e. The van der Waals surface area contributed by atoms with E-state index in [-0.39, 0.29) is 12.5 Å². The van der Waals surface area contributed by atoms with Gasteiger partial charge in [0.15, 0.2) is 5.82 Å². The van der Waals surface area contributed by atoms with Crippen molar-refractivity contribution >= 4 is 22.8 Å². The molecule has 3 aromatic heterocycles. The molecule has 3 N–H and O–H groups in total. The maximum absolute atomic E-state index is 13.4. The van der Waals surface area contributed by atoms with Crippen molar-refractivity contribution < 1.29 is 13.6 Å². The van der Waals surface area contributed by atoms with Crippen LogP contribution >= 0.6 is 0 Å². The molecule has 140 valence electrons. The molecule has 0 aromatic carbocycles. The fraction of sp³-hybridized carbons (Fsp3) is 0.353. The lowest BCUT2D eigenvalue weighted by Gasteiger charge is -2.41. The SMILES string of the molecule is O=C(NCCF)C1(Nc2ccnc(-c3c[nH]c4cnc(F)nc34)n2)CCC1. The van der Waals surface area contributed by atoms with Crippen molar-refractivity contribution in [2.24, 2.45) is 0 Å². The maximum atomic E-state index is 13.4. The van der Waals surface area contributed by atoms with Gasteiger partial charge in [0.25, 0.3) is 0 Å². The molecule has 3 heterocycles. The van der Waals surface area contributed by atoms with Crippen LogP contribution in [0.5, 0.6) is 0 Å². The summed E-state index contributed by atoms with van der Waals surface area (Å²) in [4.78, 5) is 31.3. The van der Waals surface area contributed by atoms with Crippen LogP contribution in [0.15, 0.2) is 24.7 Å². The Morgan fingerprint density at radius 2 is 2.15 bits per heavy atom. The Labute approximate surface area is 152 Å². The Morgan fingerprint density at radius 1 is 1.30 bits per heavy atom. The highest BCUT2D eigenvalue weighted by molar-refractivity contribution is 5.91. The van der Waals surface area contributed by atoms with Gasteiger partial charge in [-0.1, -0.05) is 0 Å². The van der Waals surface area contributed by atoms with E-state index in [9.17, 15) is 13.6 Å². The van der Waals surface area contributed by atoms with Gasteiger partial charge in [0, 0.05) is 18.9 Å². The molecule has 0 aliphatic heterocycles. The zero-order valence-electron chi connectivity index (χ0n) is 14.3. The minimum absolute atomic E-state index is 0.0160. The molecule has 1 fully saturated rings.